The summed E-state index contributed by atoms with van der Waals surface area (Å²) in [6.45, 7) is 0. The quantitative estimate of drug-likeness (QED) is 0.677. The highest BCUT2D eigenvalue weighted by Crippen LogP contribution is 2.23. The molecule has 1 rings (SSSR count). The lowest BCUT2D eigenvalue weighted by molar-refractivity contribution is 1.07. The summed E-state index contributed by atoms with van der Waals surface area (Å²) in [5.41, 5.74) is 0. The Morgan fingerprint density at radius 3 is 2.45 bits per heavy atom. The Bertz CT molecular complexity index is 261. The monoisotopic (exact) mass is 190 g/mol. The lowest BCUT2D eigenvalue weighted by Gasteiger charge is -2.11. The van der Waals surface area contributed by atoms with Gasteiger partial charge in [-0.3, -0.25) is 0 Å². The molecule has 0 spiro atoms. The third kappa shape index (κ3) is 1.98. The average molecular weight is 191 g/mol. The molecule has 0 amide bonds. The minimum absolute atomic E-state index is 0.556. The number of hydrogen-bond donors (Lipinski definition) is 0. The van der Waals surface area contributed by atoms with Crippen LogP contribution in [0.2, 0.25) is 10.0 Å². The van der Waals surface area contributed by atoms with Crippen molar-refractivity contribution in [3.05, 3.63) is 22.3 Å². The van der Waals surface area contributed by atoms with Gasteiger partial charge in [-0.25, -0.2) is 4.98 Å². The summed E-state index contributed by atoms with van der Waals surface area (Å²) >= 11 is 11.5. The van der Waals surface area contributed by atoms with Gasteiger partial charge in [0.25, 0.3) is 0 Å². The average Bonchev–Trinajstić information content (AvgIpc) is 1.85. The van der Waals surface area contributed by atoms with Crippen molar-refractivity contribution in [1.82, 2.24) is 4.98 Å². The Hall–Kier alpha value is -0.470. The van der Waals surface area contributed by atoms with E-state index in [1.54, 1.807) is 12.3 Å². The predicted molar refractivity (Wildman–Crippen MR) is 48.6 cm³/mol. The molecule has 0 aliphatic rings. The zero-order valence-electron chi connectivity index (χ0n) is 6.31. The van der Waals surface area contributed by atoms with E-state index >= 15 is 0 Å². The number of halogens is 2. The van der Waals surface area contributed by atoms with Gasteiger partial charge in [-0.05, 0) is 6.07 Å². The minimum Gasteiger partial charge on any atom is -0.362 e. The van der Waals surface area contributed by atoms with Crippen LogP contribution in [0, 0.1) is 0 Å². The lowest BCUT2D eigenvalue weighted by atomic mass is 10.4. The number of hydrogen-bond acceptors (Lipinski definition) is 2. The van der Waals surface area contributed by atoms with Crippen molar-refractivity contribution < 1.29 is 0 Å². The number of rotatable bonds is 1. The van der Waals surface area contributed by atoms with Crippen molar-refractivity contribution >= 4 is 29.0 Å². The first-order valence-electron chi connectivity index (χ1n) is 3.09. The smallest absolute Gasteiger partial charge is 0.146 e. The zero-order chi connectivity index (χ0) is 8.43. The summed E-state index contributed by atoms with van der Waals surface area (Å²) in [6, 6.07) is 1.67. The van der Waals surface area contributed by atoms with E-state index in [-0.39, 0.29) is 0 Å². The topological polar surface area (TPSA) is 16.1 Å². The van der Waals surface area contributed by atoms with Crippen LogP contribution in [0.1, 0.15) is 0 Å². The molecule has 1 aromatic heterocycles. The highest BCUT2D eigenvalue weighted by Gasteiger charge is 2.03. The SMILES string of the molecule is CN(C)c1ncc(Cl)cc1Cl. The normalized spacial score (nSPS) is 9.82. The number of aromatic nitrogens is 1. The third-order valence-electron chi connectivity index (χ3n) is 1.21. The summed E-state index contributed by atoms with van der Waals surface area (Å²) in [6.07, 6.45) is 1.57. The Labute approximate surface area is 75.7 Å². The van der Waals surface area contributed by atoms with Crippen molar-refractivity contribution in [2.45, 2.75) is 0 Å². The molecule has 0 aliphatic heterocycles. The van der Waals surface area contributed by atoms with E-state index in [2.05, 4.69) is 4.98 Å². The van der Waals surface area contributed by atoms with E-state index < -0.39 is 0 Å². The van der Waals surface area contributed by atoms with Crippen LogP contribution < -0.4 is 4.90 Å². The van der Waals surface area contributed by atoms with Crippen LogP contribution in [0.15, 0.2) is 12.3 Å². The second-order valence-electron chi connectivity index (χ2n) is 2.35. The Kier molecular flexibility index (Phi) is 2.58. The first-order chi connectivity index (χ1) is 5.11. The van der Waals surface area contributed by atoms with E-state index in [0.717, 1.165) is 5.82 Å². The number of nitrogens with zero attached hydrogens (tertiary/aromatic N) is 2. The first kappa shape index (κ1) is 8.62. The molecule has 60 valence electrons. The Morgan fingerprint density at radius 2 is 2.00 bits per heavy atom. The Morgan fingerprint density at radius 1 is 1.36 bits per heavy atom. The Balaban J connectivity index is 3.09. The molecule has 1 heterocycles. The van der Waals surface area contributed by atoms with Gasteiger partial charge in [-0.1, -0.05) is 23.2 Å². The first-order valence-corrected chi connectivity index (χ1v) is 3.85. The van der Waals surface area contributed by atoms with Crippen molar-refractivity contribution in [2.75, 3.05) is 19.0 Å². The molecular weight excluding hydrogens is 183 g/mol. The molecule has 0 aliphatic carbocycles. The van der Waals surface area contributed by atoms with E-state index in [4.69, 9.17) is 23.2 Å². The summed E-state index contributed by atoms with van der Waals surface area (Å²) in [5.74, 6) is 0.732. The van der Waals surface area contributed by atoms with Crippen LogP contribution in [-0.4, -0.2) is 19.1 Å². The van der Waals surface area contributed by atoms with Crippen LogP contribution in [0.4, 0.5) is 5.82 Å². The van der Waals surface area contributed by atoms with Gasteiger partial charge in [0.15, 0.2) is 0 Å². The molecule has 1 aromatic rings. The number of pyridine rings is 1. The van der Waals surface area contributed by atoms with Crippen molar-refractivity contribution in [1.29, 1.82) is 0 Å². The minimum atomic E-state index is 0.556. The molecule has 0 saturated carbocycles. The summed E-state index contributed by atoms with van der Waals surface area (Å²) < 4.78 is 0. The zero-order valence-corrected chi connectivity index (χ0v) is 7.82. The number of anilines is 1. The van der Waals surface area contributed by atoms with Crippen LogP contribution in [-0.2, 0) is 0 Å². The van der Waals surface area contributed by atoms with Gasteiger partial charge < -0.3 is 4.90 Å². The van der Waals surface area contributed by atoms with Gasteiger partial charge in [0.05, 0.1) is 10.0 Å². The molecule has 0 N–H and O–H groups in total. The van der Waals surface area contributed by atoms with Gasteiger partial charge in [0.1, 0.15) is 5.82 Å². The fourth-order valence-electron chi connectivity index (χ4n) is 0.736. The van der Waals surface area contributed by atoms with Crippen LogP contribution >= 0.6 is 23.2 Å². The fourth-order valence-corrected chi connectivity index (χ4v) is 1.29. The largest absolute Gasteiger partial charge is 0.362 e. The molecule has 4 heteroatoms. The van der Waals surface area contributed by atoms with Crippen LogP contribution in [0.25, 0.3) is 0 Å². The van der Waals surface area contributed by atoms with Crippen molar-refractivity contribution in [3.8, 4) is 0 Å². The molecule has 0 unspecified atom stereocenters. The molecule has 0 fully saturated rings. The summed E-state index contributed by atoms with van der Waals surface area (Å²) in [7, 11) is 3.75. The highest BCUT2D eigenvalue weighted by molar-refractivity contribution is 6.35. The lowest BCUT2D eigenvalue weighted by Crippen LogP contribution is -2.10. The second kappa shape index (κ2) is 3.28. The molecule has 0 radical (unpaired) electrons. The van der Waals surface area contributed by atoms with E-state index in [9.17, 15) is 0 Å². The molecule has 0 saturated heterocycles. The van der Waals surface area contributed by atoms with E-state index in [0.29, 0.717) is 10.0 Å². The highest BCUT2D eigenvalue weighted by atomic mass is 35.5. The third-order valence-corrected chi connectivity index (χ3v) is 1.70. The predicted octanol–water partition coefficient (Wildman–Crippen LogP) is 2.45. The standard InChI is InChI=1S/C7H8Cl2N2/c1-11(2)7-6(9)3-5(8)4-10-7/h3-4H,1-2H3. The van der Waals surface area contributed by atoms with Crippen LogP contribution in [0.3, 0.4) is 0 Å². The summed E-state index contributed by atoms with van der Waals surface area (Å²) in [4.78, 5) is 5.87. The maximum atomic E-state index is 5.84. The maximum absolute atomic E-state index is 5.84. The van der Waals surface area contributed by atoms with Gasteiger partial charge in [-0.15, -0.1) is 0 Å². The van der Waals surface area contributed by atoms with Gasteiger partial charge in [0, 0.05) is 20.3 Å². The van der Waals surface area contributed by atoms with Crippen molar-refractivity contribution in [2.24, 2.45) is 0 Å². The molecule has 11 heavy (non-hydrogen) atoms. The fraction of sp³-hybridized carbons (Fsp3) is 0.286. The van der Waals surface area contributed by atoms with E-state index in [1.807, 2.05) is 19.0 Å². The second-order valence-corrected chi connectivity index (χ2v) is 3.20. The van der Waals surface area contributed by atoms with Gasteiger partial charge >= 0.3 is 0 Å². The maximum Gasteiger partial charge on any atom is 0.146 e. The molecule has 0 atom stereocenters. The van der Waals surface area contributed by atoms with Gasteiger partial charge in [0.2, 0.25) is 0 Å². The summed E-state index contributed by atoms with van der Waals surface area (Å²) in [5, 5.41) is 1.13. The molecule has 0 aromatic carbocycles. The van der Waals surface area contributed by atoms with Crippen LogP contribution in [0.5, 0.6) is 0 Å². The molecular formula is C7H8Cl2N2. The van der Waals surface area contributed by atoms with E-state index in [1.165, 1.54) is 0 Å². The van der Waals surface area contributed by atoms with Gasteiger partial charge in [-0.2, -0.15) is 0 Å². The molecule has 2 nitrogen and oxygen atoms in total. The van der Waals surface area contributed by atoms with Crippen molar-refractivity contribution in [3.63, 3.8) is 0 Å². The molecule has 0 bridgehead atoms.